The lowest BCUT2D eigenvalue weighted by molar-refractivity contribution is -0.386. The second-order valence-corrected chi connectivity index (χ2v) is 3.64. The Labute approximate surface area is 109 Å². The smallest absolute Gasteiger partial charge is 0.315 e. The van der Waals surface area contributed by atoms with Gasteiger partial charge in [-0.3, -0.25) is 14.9 Å². The van der Waals surface area contributed by atoms with Gasteiger partial charge in [0.25, 0.3) is 0 Å². The van der Waals surface area contributed by atoms with Crippen molar-refractivity contribution in [1.82, 2.24) is 0 Å². The summed E-state index contributed by atoms with van der Waals surface area (Å²) in [6.07, 6.45) is -0.312. The monoisotopic (exact) mass is 269 g/mol. The first kappa shape index (κ1) is 14.7. The molecule has 0 atom stereocenters. The van der Waals surface area contributed by atoms with Crippen LogP contribution in [0.4, 0.5) is 5.69 Å². The number of nitrogens with zero attached hydrogens (tertiary/aromatic N) is 1. The highest BCUT2D eigenvalue weighted by Gasteiger charge is 2.23. The molecule has 0 aromatic heterocycles. The van der Waals surface area contributed by atoms with Gasteiger partial charge in [0.1, 0.15) is 0 Å². The molecule has 0 radical (unpaired) electrons. The molecule has 19 heavy (non-hydrogen) atoms. The summed E-state index contributed by atoms with van der Waals surface area (Å²) in [5.41, 5.74) is 0.00940. The van der Waals surface area contributed by atoms with E-state index in [1.165, 1.54) is 12.1 Å². The Kier molecular flexibility index (Phi) is 5.11. The summed E-state index contributed by atoms with van der Waals surface area (Å²) in [6.45, 7) is 3.98. The van der Waals surface area contributed by atoms with Crippen molar-refractivity contribution in [2.75, 3.05) is 13.2 Å². The summed E-state index contributed by atoms with van der Waals surface area (Å²) in [5, 5.41) is 19.8. The van der Waals surface area contributed by atoms with Gasteiger partial charge in [-0.15, -0.1) is 0 Å². The van der Waals surface area contributed by atoms with Gasteiger partial charge in [0.05, 0.1) is 24.6 Å². The lowest BCUT2D eigenvalue weighted by Crippen LogP contribution is -2.06. The highest BCUT2D eigenvalue weighted by atomic mass is 16.6. The summed E-state index contributed by atoms with van der Waals surface area (Å²) in [5.74, 6) is -0.848. The third-order valence-corrected chi connectivity index (χ3v) is 2.24. The van der Waals surface area contributed by atoms with Crippen molar-refractivity contribution in [3.8, 4) is 11.5 Å². The molecule has 0 spiro atoms. The van der Waals surface area contributed by atoms with Crippen molar-refractivity contribution in [2.24, 2.45) is 0 Å². The molecule has 0 saturated carbocycles. The van der Waals surface area contributed by atoms with Crippen molar-refractivity contribution in [3.05, 3.63) is 27.8 Å². The van der Waals surface area contributed by atoms with Gasteiger partial charge in [-0.1, -0.05) is 0 Å². The summed E-state index contributed by atoms with van der Waals surface area (Å²) < 4.78 is 10.5. The Bertz CT molecular complexity index is 485. The van der Waals surface area contributed by atoms with E-state index in [0.717, 1.165) is 0 Å². The summed E-state index contributed by atoms with van der Waals surface area (Å²) in [4.78, 5) is 21.1. The van der Waals surface area contributed by atoms with E-state index < -0.39 is 10.9 Å². The van der Waals surface area contributed by atoms with Gasteiger partial charge < -0.3 is 14.6 Å². The highest BCUT2D eigenvalue weighted by molar-refractivity contribution is 5.72. The Balaban J connectivity index is 3.33. The van der Waals surface area contributed by atoms with Crippen LogP contribution in [0.5, 0.6) is 11.5 Å². The fourth-order valence-corrected chi connectivity index (χ4v) is 1.61. The molecule has 1 aromatic carbocycles. The van der Waals surface area contributed by atoms with Crippen molar-refractivity contribution < 1.29 is 24.3 Å². The number of hydrogen-bond donors (Lipinski definition) is 1. The molecule has 0 aliphatic heterocycles. The number of rotatable bonds is 7. The van der Waals surface area contributed by atoms with Crippen LogP contribution in [0.15, 0.2) is 12.1 Å². The minimum absolute atomic E-state index is 0.0310. The van der Waals surface area contributed by atoms with Crippen LogP contribution >= 0.6 is 0 Å². The van der Waals surface area contributed by atoms with Gasteiger partial charge in [-0.05, 0) is 25.5 Å². The summed E-state index contributed by atoms with van der Waals surface area (Å²) >= 11 is 0. The molecule has 1 N–H and O–H groups in total. The van der Waals surface area contributed by atoms with E-state index in [1.807, 2.05) is 0 Å². The maximum absolute atomic E-state index is 11.0. The molecule has 0 saturated heterocycles. The van der Waals surface area contributed by atoms with Crippen molar-refractivity contribution in [1.29, 1.82) is 0 Å². The zero-order chi connectivity index (χ0) is 14.4. The van der Waals surface area contributed by atoms with Crippen LogP contribution in [0.25, 0.3) is 0 Å². The molecule has 1 rings (SSSR count). The standard InChI is InChI=1S/C12H15NO6/c1-3-18-10-6-8(7-11(14)15)5-9(13(16)17)12(10)19-4-2/h5-6H,3-4,7H2,1-2H3,(H,14,15). The third kappa shape index (κ3) is 3.84. The van der Waals surface area contributed by atoms with E-state index in [4.69, 9.17) is 14.6 Å². The van der Waals surface area contributed by atoms with Gasteiger partial charge in [0.15, 0.2) is 5.75 Å². The SMILES string of the molecule is CCOc1cc(CC(=O)O)cc([N+](=O)[O-])c1OCC. The molecule has 0 bridgehead atoms. The fraction of sp³-hybridized carbons (Fsp3) is 0.417. The van der Waals surface area contributed by atoms with Crippen LogP contribution in [0.2, 0.25) is 0 Å². The Hall–Kier alpha value is -2.31. The van der Waals surface area contributed by atoms with Gasteiger partial charge >= 0.3 is 11.7 Å². The second kappa shape index (κ2) is 6.58. The van der Waals surface area contributed by atoms with Crippen molar-refractivity contribution in [2.45, 2.75) is 20.3 Å². The molecular formula is C12H15NO6. The number of carbonyl (C=O) groups is 1. The molecule has 7 heteroatoms. The van der Waals surface area contributed by atoms with Crippen LogP contribution in [-0.2, 0) is 11.2 Å². The van der Waals surface area contributed by atoms with Crippen LogP contribution < -0.4 is 9.47 Å². The summed E-state index contributed by atoms with van der Waals surface area (Å²) in [7, 11) is 0. The Morgan fingerprint density at radius 2 is 1.95 bits per heavy atom. The average molecular weight is 269 g/mol. The van der Waals surface area contributed by atoms with E-state index in [0.29, 0.717) is 12.2 Å². The van der Waals surface area contributed by atoms with E-state index in [2.05, 4.69) is 0 Å². The highest BCUT2D eigenvalue weighted by Crippen LogP contribution is 2.38. The molecule has 0 aliphatic rings. The number of nitro groups is 1. The van der Waals surface area contributed by atoms with Gasteiger partial charge in [-0.25, -0.2) is 0 Å². The molecule has 0 amide bonds. The minimum Gasteiger partial charge on any atom is -0.490 e. The number of aliphatic carboxylic acids is 1. The first-order valence-electron chi connectivity index (χ1n) is 5.78. The zero-order valence-corrected chi connectivity index (χ0v) is 10.7. The predicted molar refractivity (Wildman–Crippen MR) is 66.8 cm³/mol. The largest absolute Gasteiger partial charge is 0.490 e. The number of hydrogen-bond acceptors (Lipinski definition) is 5. The number of ether oxygens (including phenoxy) is 2. The van der Waals surface area contributed by atoms with Gasteiger partial charge in [0, 0.05) is 6.07 Å². The van der Waals surface area contributed by atoms with E-state index >= 15 is 0 Å². The van der Waals surface area contributed by atoms with Crippen molar-refractivity contribution in [3.63, 3.8) is 0 Å². The van der Waals surface area contributed by atoms with E-state index in [-0.39, 0.29) is 30.2 Å². The number of nitro benzene ring substituents is 1. The van der Waals surface area contributed by atoms with Gasteiger partial charge in [0.2, 0.25) is 5.75 Å². The maximum atomic E-state index is 11.0. The molecule has 0 heterocycles. The van der Waals surface area contributed by atoms with E-state index in [9.17, 15) is 14.9 Å². The molecule has 1 aromatic rings. The van der Waals surface area contributed by atoms with Gasteiger partial charge in [-0.2, -0.15) is 0 Å². The minimum atomic E-state index is -1.07. The molecule has 0 fully saturated rings. The van der Waals surface area contributed by atoms with Crippen LogP contribution in [0, 0.1) is 10.1 Å². The van der Waals surface area contributed by atoms with E-state index in [1.54, 1.807) is 13.8 Å². The number of benzene rings is 1. The first-order valence-corrected chi connectivity index (χ1v) is 5.78. The predicted octanol–water partition coefficient (Wildman–Crippen LogP) is 2.02. The fourth-order valence-electron chi connectivity index (χ4n) is 1.61. The average Bonchev–Trinajstić information content (AvgIpc) is 2.31. The first-order chi connectivity index (χ1) is 8.99. The van der Waals surface area contributed by atoms with Crippen LogP contribution in [0.1, 0.15) is 19.4 Å². The number of carboxylic acids is 1. The lowest BCUT2D eigenvalue weighted by atomic mass is 10.1. The quantitative estimate of drug-likeness (QED) is 0.600. The molecule has 104 valence electrons. The topological polar surface area (TPSA) is 98.9 Å². The summed E-state index contributed by atoms with van der Waals surface area (Å²) in [6, 6.07) is 2.65. The maximum Gasteiger partial charge on any atom is 0.315 e. The zero-order valence-electron chi connectivity index (χ0n) is 10.7. The third-order valence-electron chi connectivity index (χ3n) is 2.24. The molecule has 0 aliphatic carbocycles. The second-order valence-electron chi connectivity index (χ2n) is 3.64. The Morgan fingerprint density at radius 1 is 1.32 bits per heavy atom. The molecular weight excluding hydrogens is 254 g/mol. The van der Waals surface area contributed by atoms with Crippen LogP contribution in [-0.4, -0.2) is 29.2 Å². The molecule has 7 nitrogen and oxygen atoms in total. The normalized spacial score (nSPS) is 10.0. The Morgan fingerprint density at radius 3 is 2.42 bits per heavy atom. The number of carboxylic acid groups (broad SMARTS) is 1. The lowest BCUT2D eigenvalue weighted by Gasteiger charge is -2.12. The molecule has 0 unspecified atom stereocenters. The van der Waals surface area contributed by atoms with Crippen molar-refractivity contribution >= 4 is 11.7 Å². The van der Waals surface area contributed by atoms with Crippen LogP contribution in [0.3, 0.4) is 0 Å².